The molecule has 9 unspecified atom stereocenters. The third-order valence-corrected chi connectivity index (χ3v) is 18.9. The van der Waals surface area contributed by atoms with Gasteiger partial charge in [-0.05, 0) is 63.7 Å². The molecule has 0 radical (unpaired) electrons. The van der Waals surface area contributed by atoms with E-state index in [9.17, 15) is 79.1 Å². The monoisotopic (exact) mass is 1390 g/mol. The van der Waals surface area contributed by atoms with E-state index in [2.05, 4.69) is 5.32 Å². The van der Waals surface area contributed by atoms with Crippen LogP contribution in [-0.2, 0) is 88.3 Å². The summed E-state index contributed by atoms with van der Waals surface area (Å²) in [6.07, 6.45) is -5.46. The second-order valence-corrected chi connectivity index (χ2v) is 27.9. The lowest BCUT2D eigenvalue weighted by Crippen LogP contribution is -2.64. The molecule has 0 aromatic rings. The highest BCUT2D eigenvalue weighted by Crippen LogP contribution is 2.45. The summed E-state index contributed by atoms with van der Waals surface area (Å²) in [4.78, 5) is 42.5. The number of carbonyl (C=O) groups excluding carboxylic acids is 1. The molecule has 35 heteroatoms. The van der Waals surface area contributed by atoms with Crippen LogP contribution in [0.5, 0.6) is 0 Å². The van der Waals surface area contributed by atoms with Gasteiger partial charge in [-0.3, -0.25) is 31.9 Å². The zero-order valence-electron chi connectivity index (χ0n) is 53.5. The summed E-state index contributed by atoms with van der Waals surface area (Å²) in [6.45, 7) is 7.81. The second kappa shape index (κ2) is 45.6. The summed E-state index contributed by atoms with van der Waals surface area (Å²) in [7, 11) is -13.2. The molecule has 32 nitrogen and oxygen atoms in total. The SMILES string of the molecule is CC(=O)NC1[C@H](OCCCCCCOP(=O)(O)OCCCOCC(COCCCOP(=O)(O)OCCCCCCO[C@@H]2OC(CO)[C@H](O)[C@H](O)C2C)(COCCCOP(=O)(O)OCCCCCCO[C@@H]2OC(CO)[C@H](O)[C@H](O)C2C)C(C)C)OC(CO)[C@H](O)[C@@H]1O. The zero-order valence-corrected chi connectivity index (χ0v) is 56.2. The van der Waals surface area contributed by atoms with E-state index in [4.69, 9.17) is 69.8 Å². The van der Waals surface area contributed by atoms with Crippen molar-refractivity contribution in [3.05, 3.63) is 0 Å². The van der Waals surface area contributed by atoms with Gasteiger partial charge in [0, 0.05) is 63.8 Å². The third-order valence-electron chi connectivity index (χ3n) is 15.8. The quantitative estimate of drug-likeness (QED) is 0.0306. The van der Waals surface area contributed by atoms with Crippen LogP contribution in [0.4, 0.5) is 0 Å². The van der Waals surface area contributed by atoms with E-state index in [1.807, 2.05) is 13.8 Å². The normalized spacial score (nSPS) is 30.0. The predicted molar refractivity (Wildman–Crippen MR) is 321 cm³/mol. The van der Waals surface area contributed by atoms with Gasteiger partial charge < -0.3 is 109 Å². The van der Waals surface area contributed by atoms with Crippen LogP contribution in [0.2, 0.25) is 0 Å². The lowest BCUT2D eigenvalue weighted by molar-refractivity contribution is -0.282. The molecular formula is C56H110NO31P3. The standard InChI is InChI=1S/C56H110NO31P3/c1-39(2)56(36-74-21-18-30-83-89(68,69)80-27-15-9-6-12-24-77-53-40(3)47(62)49(64)43(33-58)86-53,37-75-22-19-31-84-90(70,71)81-28-16-10-7-13-25-78-54-41(4)48(63)50(65)44(34-59)87-54)38-76-23-20-32-85-91(72,73)82-29-17-11-8-14-26-79-55-46(57-42(5)61)52(67)51(66)45(35-60)88-55/h39-41,43-55,58-60,62-67H,6-38H2,1-5H3,(H,57,61)(H,68,69)(H,70,71)(H,72,73)/t40?,41?,43?,44?,45?,46?,47-,48-,49+,50+,51+,52-,53-,54-,55-,56?/m1/s1. The van der Waals surface area contributed by atoms with Crippen molar-refractivity contribution in [3.63, 3.8) is 0 Å². The first-order valence-electron chi connectivity index (χ1n) is 31.8. The van der Waals surface area contributed by atoms with Crippen LogP contribution in [-0.4, -0.2) is 265 Å². The minimum atomic E-state index is -4.41. The number of nitrogens with one attached hydrogen (secondary N) is 1. The van der Waals surface area contributed by atoms with E-state index in [-0.39, 0.29) is 111 Å². The van der Waals surface area contributed by atoms with Gasteiger partial charge in [0.05, 0.1) is 91.5 Å². The molecule has 0 aromatic heterocycles. The molecule has 1 amide bonds. The largest absolute Gasteiger partial charge is 0.472 e. The molecule has 0 aromatic carbocycles. The molecule has 3 saturated heterocycles. The Balaban J connectivity index is 1.38. The van der Waals surface area contributed by atoms with Gasteiger partial charge in [-0.1, -0.05) is 66.2 Å². The summed E-state index contributed by atoms with van der Waals surface area (Å²) in [5.41, 5.74) is -0.769. The lowest BCUT2D eigenvalue weighted by atomic mass is 9.79. The Labute approximate surface area is 534 Å². The molecule has 91 heavy (non-hydrogen) atoms. The lowest BCUT2D eigenvalue weighted by Gasteiger charge is -2.42. The number of hydrogen-bond acceptors (Lipinski definition) is 28. The van der Waals surface area contributed by atoms with Gasteiger partial charge in [0.15, 0.2) is 18.9 Å². The third kappa shape index (κ3) is 32.5. The van der Waals surface area contributed by atoms with E-state index in [0.29, 0.717) is 90.3 Å². The molecule has 3 fully saturated rings. The molecular weight excluding hydrogens is 1280 g/mol. The number of rotatable bonds is 53. The van der Waals surface area contributed by atoms with Gasteiger partial charge >= 0.3 is 23.5 Å². The smallest absolute Gasteiger partial charge is 0.394 e. The van der Waals surface area contributed by atoms with Gasteiger partial charge in [-0.2, -0.15) is 0 Å². The van der Waals surface area contributed by atoms with E-state index in [1.165, 1.54) is 6.92 Å². The van der Waals surface area contributed by atoms with Crippen LogP contribution in [0.25, 0.3) is 0 Å². The van der Waals surface area contributed by atoms with Crippen LogP contribution in [0.15, 0.2) is 0 Å². The van der Waals surface area contributed by atoms with Crippen molar-refractivity contribution in [2.24, 2.45) is 23.2 Å². The number of phosphoric ester groups is 3. The minimum absolute atomic E-state index is 0.0298. The number of ether oxygens (including phenoxy) is 9. The van der Waals surface area contributed by atoms with Gasteiger partial charge in [-0.15, -0.1) is 0 Å². The maximum absolute atomic E-state index is 12.6. The van der Waals surface area contributed by atoms with Crippen LogP contribution < -0.4 is 5.32 Å². The van der Waals surface area contributed by atoms with Crippen molar-refractivity contribution in [3.8, 4) is 0 Å². The highest BCUT2D eigenvalue weighted by Gasteiger charge is 2.46. The van der Waals surface area contributed by atoms with Crippen LogP contribution in [0.1, 0.15) is 131 Å². The second-order valence-electron chi connectivity index (χ2n) is 23.6. The minimum Gasteiger partial charge on any atom is -0.394 e. The highest BCUT2D eigenvalue weighted by molar-refractivity contribution is 7.47. The molecule has 540 valence electrons. The van der Waals surface area contributed by atoms with Crippen molar-refractivity contribution in [2.45, 2.75) is 211 Å². The number of aliphatic hydroxyl groups is 9. The number of hydrogen-bond donors (Lipinski definition) is 13. The zero-order chi connectivity index (χ0) is 67.5. The summed E-state index contributed by atoms with van der Waals surface area (Å²) in [6, 6.07) is -1.06. The first kappa shape index (κ1) is 84.3. The Hall–Kier alpha value is -0.920. The van der Waals surface area contributed by atoms with E-state index >= 15 is 0 Å². The molecule has 13 N–H and O–H groups in total. The fourth-order valence-corrected chi connectivity index (χ4v) is 12.2. The van der Waals surface area contributed by atoms with Crippen LogP contribution in [0, 0.1) is 23.2 Å². The average Bonchev–Trinajstić information content (AvgIpc) is 0.940. The molecule has 3 aliphatic heterocycles. The van der Waals surface area contributed by atoms with Gasteiger partial charge in [0.2, 0.25) is 5.91 Å². The van der Waals surface area contributed by atoms with E-state index in [1.54, 1.807) is 13.8 Å². The van der Waals surface area contributed by atoms with Crippen LogP contribution in [0.3, 0.4) is 0 Å². The van der Waals surface area contributed by atoms with Gasteiger partial charge in [-0.25, -0.2) is 13.7 Å². The predicted octanol–water partition coefficient (Wildman–Crippen LogP) is 2.07. The van der Waals surface area contributed by atoms with E-state index in [0.717, 1.165) is 0 Å². The van der Waals surface area contributed by atoms with Gasteiger partial charge in [0.1, 0.15) is 48.8 Å². The topological polar surface area (TPSA) is 462 Å². The maximum Gasteiger partial charge on any atom is 0.472 e. The van der Waals surface area contributed by atoms with Crippen molar-refractivity contribution < 1.29 is 149 Å². The summed E-state index contributed by atoms with van der Waals surface area (Å²) < 4.78 is 121. The molecule has 3 heterocycles. The first-order valence-corrected chi connectivity index (χ1v) is 36.3. The summed E-state index contributed by atoms with van der Waals surface area (Å²) in [5, 5.41) is 92.0. The molecule has 3 rings (SSSR count). The Morgan fingerprint density at radius 3 is 0.989 bits per heavy atom. The Morgan fingerprint density at radius 2 is 0.692 bits per heavy atom. The summed E-state index contributed by atoms with van der Waals surface area (Å²) >= 11 is 0. The molecule has 18 atom stereocenters. The van der Waals surface area contributed by atoms with Crippen molar-refractivity contribution in [1.82, 2.24) is 5.32 Å². The van der Waals surface area contributed by atoms with Crippen LogP contribution >= 0.6 is 23.5 Å². The van der Waals surface area contributed by atoms with Crippen molar-refractivity contribution >= 4 is 29.4 Å². The number of unbranched alkanes of at least 4 members (excludes halogenated alkanes) is 9. The Bertz CT molecular complexity index is 1970. The number of phosphoric acid groups is 3. The van der Waals surface area contributed by atoms with Gasteiger partial charge in [0.25, 0.3) is 0 Å². The first-order chi connectivity index (χ1) is 43.2. The fourth-order valence-electron chi connectivity index (χ4n) is 9.83. The molecule has 0 spiro atoms. The number of amides is 1. The number of carbonyl (C=O) groups is 1. The van der Waals surface area contributed by atoms with Crippen molar-refractivity contribution in [2.75, 3.05) is 119 Å². The summed E-state index contributed by atoms with van der Waals surface area (Å²) in [5.74, 6) is -1.59. The highest BCUT2D eigenvalue weighted by atomic mass is 31.2. The average molecular weight is 1390 g/mol. The Morgan fingerprint density at radius 1 is 0.418 bits per heavy atom. The molecule has 0 aliphatic carbocycles. The maximum atomic E-state index is 12.6. The molecule has 0 saturated carbocycles. The molecule has 0 bridgehead atoms. The molecule has 3 aliphatic rings. The number of aliphatic hydroxyl groups excluding tert-OH is 9. The van der Waals surface area contributed by atoms with Crippen molar-refractivity contribution in [1.29, 1.82) is 0 Å². The van der Waals surface area contributed by atoms with E-state index < -0.39 is 146 Å². The Kier molecular flexibility index (Phi) is 42.3. The fraction of sp³-hybridized carbons (Fsp3) is 0.982.